The Morgan fingerprint density at radius 3 is 2.60 bits per heavy atom. The molecule has 2 rings (SSSR count). The lowest BCUT2D eigenvalue weighted by Gasteiger charge is -2.08. The second kappa shape index (κ2) is 6.32. The molecule has 20 heavy (non-hydrogen) atoms. The van der Waals surface area contributed by atoms with Gasteiger partial charge in [-0.1, -0.05) is 31.9 Å². The molecule has 0 bridgehead atoms. The molecule has 0 saturated carbocycles. The second-order valence-electron chi connectivity index (χ2n) is 3.86. The monoisotopic (exact) mass is 403 g/mol. The van der Waals surface area contributed by atoms with Gasteiger partial charge in [0.05, 0.1) is 4.92 Å². The molecule has 2 aromatic rings. The number of alkyl halides is 1. The van der Waals surface area contributed by atoms with Crippen molar-refractivity contribution in [2.75, 3.05) is 0 Å². The number of halogens is 3. The number of benzene rings is 2. The predicted molar refractivity (Wildman–Crippen MR) is 79.9 cm³/mol. The fraction of sp³-hybridized carbons (Fsp3) is 0.0769. The van der Waals surface area contributed by atoms with Gasteiger partial charge in [0.2, 0.25) is 0 Å². The zero-order valence-corrected chi connectivity index (χ0v) is 13.1. The Bertz CT molecular complexity index is 664. The van der Waals surface area contributed by atoms with Crippen LogP contribution < -0.4 is 4.74 Å². The lowest BCUT2D eigenvalue weighted by atomic mass is 10.2. The Morgan fingerprint density at radius 1 is 1.25 bits per heavy atom. The van der Waals surface area contributed by atoms with E-state index in [4.69, 9.17) is 4.74 Å². The van der Waals surface area contributed by atoms with Crippen LogP contribution in [0.15, 0.2) is 40.9 Å². The summed E-state index contributed by atoms with van der Waals surface area (Å²) in [4.78, 5) is 10.3. The largest absolute Gasteiger partial charge is 0.454 e. The Morgan fingerprint density at radius 2 is 2.00 bits per heavy atom. The van der Waals surface area contributed by atoms with Crippen molar-refractivity contribution in [3.8, 4) is 11.5 Å². The topological polar surface area (TPSA) is 52.4 Å². The van der Waals surface area contributed by atoms with Gasteiger partial charge in [0.15, 0.2) is 11.6 Å². The summed E-state index contributed by atoms with van der Waals surface area (Å²) in [6.07, 6.45) is 0. The van der Waals surface area contributed by atoms with Crippen LogP contribution in [0.4, 0.5) is 10.1 Å². The Hall–Kier alpha value is -1.47. The van der Waals surface area contributed by atoms with Crippen LogP contribution in [0.2, 0.25) is 0 Å². The summed E-state index contributed by atoms with van der Waals surface area (Å²) in [5, 5.41) is 11.1. The molecule has 0 fully saturated rings. The number of nitrogens with zero attached hydrogens (tertiary/aromatic N) is 1. The van der Waals surface area contributed by atoms with Gasteiger partial charge in [0, 0.05) is 21.4 Å². The third-order valence-electron chi connectivity index (χ3n) is 2.51. The molecule has 0 heterocycles. The molecule has 7 heteroatoms. The number of ether oxygens (including phenoxy) is 1. The van der Waals surface area contributed by atoms with Crippen molar-refractivity contribution in [1.82, 2.24) is 0 Å². The van der Waals surface area contributed by atoms with Crippen molar-refractivity contribution in [3.05, 3.63) is 62.4 Å². The highest BCUT2D eigenvalue weighted by molar-refractivity contribution is 9.10. The van der Waals surface area contributed by atoms with Gasteiger partial charge in [0.25, 0.3) is 5.69 Å². The van der Waals surface area contributed by atoms with E-state index in [-0.39, 0.29) is 11.4 Å². The minimum absolute atomic E-state index is 0.00879. The Kier molecular flexibility index (Phi) is 4.72. The molecule has 104 valence electrons. The van der Waals surface area contributed by atoms with Crippen molar-refractivity contribution in [1.29, 1.82) is 0 Å². The molecule has 0 amide bonds. The summed E-state index contributed by atoms with van der Waals surface area (Å²) in [7, 11) is 0. The highest BCUT2D eigenvalue weighted by Crippen LogP contribution is 2.31. The van der Waals surface area contributed by atoms with Gasteiger partial charge in [-0.2, -0.15) is 0 Å². The van der Waals surface area contributed by atoms with Crippen LogP contribution >= 0.6 is 31.9 Å². The predicted octanol–water partition coefficient (Wildman–Crippen LogP) is 5.18. The van der Waals surface area contributed by atoms with Gasteiger partial charge in [0.1, 0.15) is 5.75 Å². The molecular formula is C13H8Br2FNO3. The molecule has 0 N–H and O–H groups in total. The van der Waals surface area contributed by atoms with E-state index in [1.807, 2.05) is 0 Å². The zero-order valence-electron chi connectivity index (χ0n) is 9.98. The first-order chi connectivity index (χ1) is 9.51. The van der Waals surface area contributed by atoms with E-state index in [2.05, 4.69) is 31.9 Å². The molecule has 0 unspecified atom stereocenters. The highest BCUT2D eigenvalue weighted by Gasteiger charge is 2.14. The van der Waals surface area contributed by atoms with Crippen LogP contribution in [0.1, 0.15) is 5.56 Å². The summed E-state index contributed by atoms with van der Waals surface area (Å²) in [5.74, 6) is -0.119. The molecule has 0 atom stereocenters. The third-order valence-corrected chi connectivity index (χ3v) is 3.61. The quantitative estimate of drug-likeness (QED) is 0.400. The van der Waals surface area contributed by atoms with E-state index in [9.17, 15) is 14.5 Å². The van der Waals surface area contributed by atoms with Gasteiger partial charge in [-0.3, -0.25) is 10.1 Å². The van der Waals surface area contributed by atoms with E-state index >= 15 is 0 Å². The molecule has 0 aliphatic rings. The molecule has 4 nitrogen and oxygen atoms in total. The average molecular weight is 405 g/mol. The number of hydrogen-bond acceptors (Lipinski definition) is 3. The van der Waals surface area contributed by atoms with E-state index in [1.165, 1.54) is 30.3 Å². The molecule has 0 aliphatic heterocycles. The third kappa shape index (κ3) is 3.34. The summed E-state index contributed by atoms with van der Waals surface area (Å²) in [6, 6.07) is 8.69. The van der Waals surface area contributed by atoms with Crippen molar-refractivity contribution in [2.45, 2.75) is 5.33 Å². The summed E-state index contributed by atoms with van der Waals surface area (Å²) < 4.78 is 19.7. The van der Waals surface area contributed by atoms with Gasteiger partial charge < -0.3 is 4.74 Å². The van der Waals surface area contributed by atoms with Crippen LogP contribution in [0.5, 0.6) is 11.5 Å². The minimum Gasteiger partial charge on any atom is -0.454 e. The van der Waals surface area contributed by atoms with Crippen LogP contribution in [-0.4, -0.2) is 4.92 Å². The zero-order chi connectivity index (χ0) is 14.7. The Labute approximate surface area is 131 Å². The van der Waals surface area contributed by atoms with Crippen molar-refractivity contribution in [2.24, 2.45) is 0 Å². The van der Waals surface area contributed by atoms with Crippen LogP contribution in [-0.2, 0) is 5.33 Å². The fourth-order valence-corrected chi connectivity index (χ4v) is 2.38. The van der Waals surface area contributed by atoms with Crippen LogP contribution in [0, 0.1) is 15.9 Å². The van der Waals surface area contributed by atoms with Gasteiger partial charge in [-0.25, -0.2) is 4.39 Å². The second-order valence-corrected chi connectivity index (χ2v) is 5.33. The maximum atomic E-state index is 13.7. The minimum atomic E-state index is -0.516. The lowest BCUT2D eigenvalue weighted by Crippen LogP contribution is -1.95. The van der Waals surface area contributed by atoms with E-state index in [0.717, 1.165) is 0 Å². The molecule has 0 spiro atoms. The fourth-order valence-electron chi connectivity index (χ4n) is 1.60. The maximum absolute atomic E-state index is 13.7. The smallest absolute Gasteiger partial charge is 0.273 e. The summed E-state index contributed by atoms with van der Waals surface area (Å²) >= 11 is 6.33. The van der Waals surface area contributed by atoms with E-state index in [0.29, 0.717) is 21.1 Å². The van der Waals surface area contributed by atoms with Gasteiger partial charge in [-0.15, -0.1) is 0 Å². The standard InChI is InChI=1S/C13H8Br2FNO3/c14-7-8-5-10(2-3-12(8)17(18)19)20-13-4-1-9(15)6-11(13)16/h1-6H,7H2. The van der Waals surface area contributed by atoms with Gasteiger partial charge in [-0.05, 0) is 30.3 Å². The summed E-state index contributed by atoms with van der Waals surface area (Å²) in [6.45, 7) is 0. The highest BCUT2D eigenvalue weighted by atomic mass is 79.9. The van der Waals surface area contributed by atoms with Crippen LogP contribution in [0.3, 0.4) is 0 Å². The number of rotatable bonds is 4. The Balaban J connectivity index is 2.32. The molecular weight excluding hydrogens is 397 g/mol. The maximum Gasteiger partial charge on any atom is 0.273 e. The summed E-state index contributed by atoms with van der Waals surface area (Å²) in [5.41, 5.74) is 0.454. The molecule has 0 radical (unpaired) electrons. The molecule has 0 saturated heterocycles. The van der Waals surface area contributed by atoms with Crippen molar-refractivity contribution >= 4 is 37.5 Å². The lowest BCUT2D eigenvalue weighted by molar-refractivity contribution is -0.385. The number of nitro groups is 1. The molecule has 2 aromatic carbocycles. The van der Waals surface area contributed by atoms with Crippen LogP contribution in [0.25, 0.3) is 0 Å². The first-order valence-corrected chi connectivity index (χ1v) is 7.39. The SMILES string of the molecule is O=[N+]([O-])c1ccc(Oc2ccc(Br)cc2F)cc1CBr. The number of hydrogen-bond donors (Lipinski definition) is 0. The molecule has 0 aromatic heterocycles. The van der Waals surface area contributed by atoms with Gasteiger partial charge >= 0.3 is 0 Å². The van der Waals surface area contributed by atoms with Crippen molar-refractivity contribution in [3.63, 3.8) is 0 Å². The first kappa shape index (κ1) is 14.9. The molecule has 0 aliphatic carbocycles. The van der Waals surface area contributed by atoms with Crippen molar-refractivity contribution < 1.29 is 14.1 Å². The van der Waals surface area contributed by atoms with E-state index < -0.39 is 10.7 Å². The normalized spacial score (nSPS) is 10.3. The number of nitro benzene ring substituents is 1. The average Bonchev–Trinajstić information content (AvgIpc) is 2.41. The van der Waals surface area contributed by atoms with E-state index in [1.54, 1.807) is 6.07 Å². The first-order valence-electron chi connectivity index (χ1n) is 5.47.